The van der Waals surface area contributed by atoms with E-state index >= 15 is 0 Å². The number of nitrogens with zero attached hydrogens (tertiary/aromatic N) is 1. The topological polar surface area (TPSA) is 71.0 Å². The number of ether oxygens (including phenoxy) is 2. The van der Waals surface area contributed by atoms with E-state index in [9.17, 15) is 9.90 Å². The summed E-state index contributed by atoms with van der Waals surface area (Å²) < 4.78 is 11.1. The molecule has 2 N–H and O–H groups in total. The predicted molar refractivity (Wildman–Crippen MR) is 163 cm³/mol. The molecule has 0 radical (unpaired) electrons. The van der Waals surface area contributed by atoms with Crippen molar-refractivity contribution in [2.75, 3.05) is 19.6 Å². The fourth-order valence-electron chi connectivity index (χ4n) is 5.44. The van der Waals surface area contributed by atoms with Gasteiger partial charge in [0.15, 0.2) is 6.29 Å². The number of hydrogen-bond acceptors (Lipinski definition) is 5. The highest BCUT2D eigenvalue weighted by Gasteiger charge is 2.33. The first-order valence-corrected chi connectivity index (χ1v) is 15.2. The molecule has 6 nitrogen and oxygen atoms in total. The smallest absolute Gasteiger partial charge is 0.272 e. The molecule has 0 saturated carbocycles. The second-order valence-electron chi connectivity index (χ2n) is 10.7. The normalized spacial score (nSPS) is 21.9. The molecule has 2 aliphatic heterocycles. The van der Waals surface area contributed by atoms with Gasteiger partial charge in [-0.2, -0.15) is 0 Å². The number of rotatable bonds is 8. The number of halogens is 3. The summed E-state index contributed by atoms with van der Waals surface area (Å²) in [6.45, 7) is 3.40. The van der Waals surface area contributed by atoms with Crippen molar-refractivity contribution >= 4 is 40.7 Å². The second-order valence-corrected chi connectivity index (χ2v) is 13.0. The zero-order chi connectivity index (χ0) is 28.8. The number of benzene rings is 3. The highest BCUT2D eigenvalue weighted by atomic mass is 35.6. The Morgan fingerprint density at radius 2 is 1.59 bits per heavy atom. The van der Waals surface area contributed by atoms with E-state index in [1.54, 1.807) is 0 Å². The molecule has 3 unspecified atom stereocenters. The first-order chi connectivity index (χ1) is 19.8. The van der Waals surface area contributed by atoms with Gasteiger partial charge >= 0.3 is 0 Å². The van der Waals surface area contributed by atoms with Crippen molar-refractivity contribution in [2.45, 2.75) is 61.1 Å². The van der Waals surface area contributed by atoms with Crippen molar-refractivity contribution in [3.05, 3.63) is 95.1 Å². The van der Waals surface area contributed by atoms with Gasteiger partial charge < -0.3 is 24.8 Å². The summed E-state index contributed by atoms with van der Waals surface area (Å²) in [6, 6.07) is 24.1. The van der Waals surface area contributed by atoms with Crippen LogP contribution in [0.15, 0.2) is 72.8 Å². The molecule has 5 rings (SSSR count). The molecule has 218 valence electrons. The minimum Gasteiger partial charge on any atom is -0.392 e. The van der Waals surface area contributed by atoms with Gasteiger partial charge in [-0.3, -0.25) is 4.79 Å². The van der Waals surface area contributed by atoms with Crippen LogP contribution < -0.4 is 5.32 Å². The molecule has 2 saturated heterocycles. The van der Waals surface area contributed by atoms with E-state index in [2.05, 4.69) is 22.3 Å². The fourth-order valence-corrected chi connectivity index (χ4v) is 5.64. The number of hydrogen-bond donors (Lipinski definition) is 2. The van der Waals surface area contributed by atoms with Crippen LogP contribution in [0.3, 0.4) is 0 Å². The molecule has 0 aromatic heterocycles. The Labute approximate surface area is 256 Å². The lowest BCUT2D eigenvalue weighted by Crippen LogP contribution is -2.41. The number of aliphatic hydroxyl groups excluding tert-OH is 1. The first kappa shape index (κ1) is 30.3. The average Bonchev–Trinajstić information content (AvgIpc) is 3.00. The quantitative estimate of drug-likeness (QED) is 0.270. The SMILES string of the molecule is O=C(NCc1cccc(-c2ccc(C3OC(CN4CCCCC4)CC(c4ccc(CO)cc4)O3)cc2)c1)C(Cl)(Cl)Cl. The molecule has 2 fully saturated rings. The summed E-state index contributed by atoms with van der Waals surface area (Å²) in [5.41, 5.74) is 5.86. The van der Waals surface area contributed by atoms with E-state index < -0.39 is 16.0 Å². The number of nitrogens with one attached hydrogen (secondary N) is 1. The van der Waals surface area contributed by atoms with E-state index in [1.165, 1.54) is 19.3 Å². The van der Waals surface area contributed by atoms with Crippen LogP contribution in [0.2, 0.25) is 0 Å². The molecule has 2 aliphatic rings. The monoisotopic (exact) mass is 616 g/mol. The summed E-state index contributed by atoms with van der Waals surface area (Å²) in [5, 5.41) is 12.1. The van der Waals surface area contributed by atoms with Crippen molar-refractivity contribution in [3.8, 4) is 11.1 Å². The lowest BCUT2D eigenvalue weighted by molar-refractivity contribution is -0.253. The Hall–Kier alpha value is -2.16. The fraction of sp³-hybridized carbons (Fsp3) is 0.406. The van der Waals surface area contributed by atoms with E-state index in [1.807, 2.05) is 60.7 Å². The lowest BCUT2D eigenvalue weighted by Gasteiger charge is -2.39. The first-order valence-electron chi connectivity index (χ1n) is 14.1. The Morgan fingerprint density at radius 3 is 2.27 bits per heavy atom. The average molecular weight is 618 g/mol. The van der Waals surface area contributed by atoms with Crippen molar-refractivity contribution in [2.24, 2.45) is 0 Å². The van der Waals surface area contributed by atoms with Gasteiger partial charge in [-0.25, -0.2) is 0 Å². The van der Waals surface area contributed by atoms with Gasteiger partial charge in [-0.05, 0) is 59.8 Å². The van der Waals surface area contributed by atoms with Crippen LogP contribution in [-0.2, 0) is 27.4 Å². The molecule has 2 heterocycles. The Kier molecular flexibility index (Phi) is 10.3. The maximum Gasteiger partial charge on any atom is 0.272 e. The van der Waals surface area contributed by atoms with Crippen LogP contribution >= 0.6 is 34.8 Å². The number of aliphatic hydroxyl groups is 1. The van der Waals surface area contributed by atoms with Crippen LogP contribution in [0.25, 0.3) is 11.1 Å². The highest BCUT2D eigenvalue weighted by Crippen LogP contribution is 2.39. The van der Waals surface area contributed by atoms with Gasteiger partial charge in [0, 0.05) is 25.1 Å². The minimum atomic E-state index is -1.99. The zero-order valence-corrected chi connectivity index (χ0v) is 25.0. The third kappa shape index (κ3) is 8.23. The number of carbonyl (C=O) groups excluding carboxylic acids is 1. The van der Waals surface area contributed by atoms with Crippen LogP contribution in [0.5, 0.6) is 0 Å². The zero-order valence-electron chi connectivity index (χ0n) is 22.8. The van der Waals surface area contributed by atoms with Crippen LogP contribution in [-0.4, -0.2) is 45.4 Å². The van der Waals surface area contributed by atoms with Gasteiger partial charge in [-0.1, -0.05) is 108 Å². The molecule has 0 bridgehead atoms. The Balaban J connectivity index is 1.30. The van der Waals surface area contributed by atoms with Crippen LogP contribution in [0.1, 0.15) is 60.3 Å². The van der Waals surface area contributed by atoms with Gasteiger partial charge in [0.2, 0.25) is 0 Å². The van der Waals surface area contributed by atoms with Crippen LogP contribution in [0, 0.1) is 0 Å². The third-order valence-electron chi connectivity index (χ3n) is 7.68. The summed E-state index contributed by atoms with van der Waals surface area (Å²) in [4.78, 5) is 14.4. The molecular weight excluding hydrogens is 583 g/mol. The molecule has 3 atom stereocenters. The third-order valence-corrected chi connectivity index (χ3v) is 8.19. The molecule has 0 spiro atoms. The number of amides is 1. The minimum absolute atomic E-state index is 0.0218. The predicted octanol–water partition coefficient (Wildman–Crippen LogP) is 6.86. The number of likely N-dealkylation sites (tertiary alicyclic amines) is 1. The van der Waals surface area contributed by atoms with Gasteiger partial charge in [0.25, 0.3) is 9.70 Å². The van der Waals surface area contributed by atoms with Gasteiger partial charge in [0.1, 0.15) is 0 Å². The van der Waals surface area contributed by atoms with E-state index in [4.69, 9.17) is 44.3 Å². The molecule has 1 amide bonds. The largest absolute Gasteiger partial charge is 0.392 e. The summed E-state index contributed by atoms with van der Waals surface area (Å²) in [5.74, 6) is -0.661. The summed E-state index contributed by atoms with van der Waals surface area (Å²) in [7, 11) is 0. The maximum atomic E-state index is 11.9. The molecule has 3 aromatic carbocycles. The van der Waals surface area contributed by atoms with Crippen molar-refractivity contribution in [3.63, 3.8) is 0 Å². The standard InChI is InChI=1S/C32H35Cl3N2O4/c33-32(34,35)31(39)36-19-23-5-4-6-27(17-23)24-11-13-26(14-12-24)30-40-28(20-37-15-2-1-3-16-37)18-29(41-30)25-9-7-22(21-38)8-10-25/h4-14,17,28-30,38H,1-3,15-16,18-21H2,(H,36,39). The number of alkyl halides is 3. The van der Waals surface area contributed by atoms with Crippen molar-refractivity contribution in [1.29, 1.82) is 0 Å². The second kappa shape index (κ2) is 13.9. The lowest BCUT2D eigenvalue weighted by atomic mass is 9.98. The van der Waals surface area contributed by atoms with Crippen LogP contribution in [0.4, 0.5) is 0 Å². The molecular formula is C32H35Cl3N2O4. The maximum absolute atomic E-state index is 11.9. The Morgan fingerprint density at radius 1 is 0.878 bits per heavy atom. The van der Waals surface area contributed by atoms with Gasteiger partial charge in [0.05, 0.1) is 18.8 Å². The Bertz CT molecular complexity index is 1290. The van der Waals surface area contributed by atoms with Crippen molar-refractivity contribution < 1.29 is 19.4 Å². The molecule has 3 aromatic rings. The van der Waals surface area contributed by atoms with E-state index in [-0.39, 0.29) is 25.4 Å². The molecule has 9 heteroatoms. The molecule has 0 aliphatic carbocycles. The number of piperidine rings is 1. The molecule has 41 heavy (non-hydrogen) atoms. The summed E-state index contributed by atoms with van der Waals surface area (Å²) >= 11 is 17.0. The van der Waals surface area contributed by atoms with Crippen molar-refractivity contribution in [1.82, 2.24) is 10.2 Å². The van der Waals surface area contributed by atoms with Gasteiger partial charge in [-0.15, -0.1) is 0 Å². The summed E-state index contributed by atoms with van der Waals surface area (Å²) in [6.07, 6.45) is 4.02. The number of carbonyl (C=O) groups is 1. The van der Waals surface area contributed by atoms with E-state index in [0.29, 0.717) is 0 Å². The highest BCUT2D eigenvalue weighted by molar-refractivity contribution is 6.76. The van der Waals surface area contributed by atoms with E-state index in [0.717, 1.165) is 59.4 Å².